The van der Waals surface area contributed by atoms with Gasteiger partial charge in [0.05, 0.1) is 6.61 Å². The Bertz CT molecular complexity index is 726. The van der Waals surface area contributed by atoms with Crippen LogP contribution in [0, 0.1) is 0 Å². The molecule has 0 aliphatic carbocycles. The first-order valence-electron chi connectivity index (χ1n) is 8.43. The number of rotatable bonds is 5. The SMILES string of the molecule is CC(=O)O[C@@H]1[C@H](OC(C)=O)[C@H](OC(C)=O)CO[C@@H]1NC(=S)Oc1ccccc1. The van der Waals surface area contributed by atoms with Crippen LogP contribution in [0.2, 0.25) is 0 Å². The minimum Gasteiger partial charge on any atom is -0.456 e. The van der Waals surface area contributed by atoms with E-state index in [4.69, 9.17) is 35.9 Å². The summed E-state index contributed by atoms with van der Waals surface area (Å²) in [5.74, 6) is -1.38. The standard InChI is InChI=1S/C18H21NO8S/c1-10(20)24-14-9-23-17(16(26-12(3)22)15(14)25-11(2)21)19-18(28)27-13-7-5-4-6-8-13/h4-8,14-17H,9H2,1-3H3,(H,19,28)/t14-,15-,16-,17+/m1/s1. The fourth-order valence-electron chi connectivity index (χ4n) is 2.61. The molecule has 0 unspecified atom stereocenters. The maximum Gasteiger partial charge on any atom is 0.303 e. The average Bonchev–Trinajstić information content (AvgIpc) is 2.59. The van der Waals surface area contributed by atoms with Crippen LogP contribution in [0.5, 0.6) is 5.75 Å². The zero-order valence-corrected chi connectivity index (χ0v) is 16.4. The first-order chi connectivity index (χ1) is 13.3. The summed E-state index contributed by atoms with van der Waals surface area (Å²) in [6.07, 6.45) is -4.16. The highest BCUT2D eigenvalue weighted by molar-refractivity contribution is 7.80. The normalized spacial score (nSPS) is 23.8. The number of esters is 3. The third-order valence-electron chi connectivity index (χ3n) is 3.56. The van der Waals surface area contributed by atoms with Gasteiger partial charge in [0.25, 0.3) is 5.17 Å². The summed E-state index contributed by atoms with van der Waals surface area (Å²) in [5.41, 5.74) is 0. The van der Waals surface area contributed by atoms with E-state index >= 15 is 0 Å². The molecule has 1 aliphatic heterocycles. The molecule has 0 bridgehead atoms. The van der Waals surface area contributed by atoms with Crippen molar-refractivity contribution in [1.82, 2.24) is 5.32 Å². The van der Waals surface area contributed by atoms with Crippen LogP contribution >= 0.6 is 12.2 Å². The largest absolute Gasteiger partial charge is 0.456 e. The van der Waals surface area contributed by atoms with Gasteiger partial charge in [0.2, 0.25) is 0 Å². The molecule has 152 valence electrons. The number of carbonyl (C=O) groups excluding carboxylic acids is 3. The van der Waals surface area contributed by atoms with Crippen LogP contribution in [0.4, 0.5) is 0 Å². The Morgan fingerprint density at radius 3 is 2.11 bits per heavy atom. The van der Waals surface area contributed by atoms with Gasteiger partial charge < -0.3 is 29.0 Å². The van der Waals surface area contributed by atoms with Crippen molar-refractivity contribution in [3.8, 4) is 5.75 Å². The van der Waals surface area contributed by atoms with Crippen LogP contribution in [0.25, 0.3) is 0 Å². The molecule has 28 heavy (non-hydrogen) atoms. The van der Waals surface area contributed by atoms with Gasteiger partial charge in [0.1, 0.15) is 5.75 Å². The number of nitrogens with one attached hydrogen (secondary N) is 1. The van der Waals surface area contributed by atoms with Gasteiger partial charge in [-0.05, 0) is 24.4 Å². The molecule has 1 aromatic carbocycles. The van der Waals surface area contributed by atoms with Crippen LogP contribution in [0.15, 0.2) is 30.3 Å². The first-order valence-corrected chi connectivity index (χ1v) is 8.83. The van der Waals surface area contributed by atoms with E-state index in [0.29, 0.717) is 5.75 Å². The number of para-hydroxylation sites is 1. The Labute approximate surface area is 167 Å². The van der Waals surface area contributed by atoms with Crippen LogP contribution in [0.3, 0.4) is 0 Å². The van der Waals surface area contributed by atoms with E-state index in [2.05, 4.69) is 5.32 Å². The smallest absolute Gasteiger partial charge is 0.303 e. The summed E-state index contributed by atoms with van der Waals surface area (Å²) in [5, 5.41) is 2.74. The lowest BCUT2D eigenvalue weighted by molar-refractivity contribution is -0.228. The lowest BCUT2D eigenvalue weighted by Gasteiger charge is -2.40. The molecule has 0 saturated carbocycles. The number of thiocarbonyl (C=S) groups is 1. The number of hydrogen-bond acceptors (Lipinski definition) is 9. The molecule has 1 aromatic rings. The Balaban J connectivity index is 2.16. The second-order valence-corrected chi connectivity index (χ2v) is 6.27. The highest BCUT2D eigenvalue weighted by atomic mass is 32.1. The quantitative estimate of drug-likeness (QED) is 0.429. The van der Waals surface area contributed by atoms with E-state index in [0.717, 1.165) is 0 Å². The Morgan fingerprint density at radius 2 is 1.54 bits per heavy atom. The summed E-state index contributed by atoms with van der Waals surface area (Å²) in [6.45, 7) is 3.48. The number of benzene rings is 1. The van der Waals surface area contributed by atoms with Crippen molar-refractivity contribution in [2.24, 2.45) is 0 Å². The van der Waals surface area contributed by atoms with Crippen LogP contribution < -0.4 is 10.1 Å². The predicted octanol–water partition coefficient (Wildman–Crippen LogP) is 1.09. The van der Waals surface area contributed by atoms with Gasteiger partial charge in [-0.2, -0.15) is 0 Å². The molecule has 10 heteroatoms. The Hall–Kier alpha value is -2.72. The van der Waals surface area contributed by atoms with Crippen molar-refractivity contribution >= 4 is 35.3 Å². The third kappa shape index (κ3) is 6.46. The van der Waals surface area contributed by atoms with E-state index in [1.807, 2.05) is 6.07 Å². The van der Waals surface area contributed by atoms with Crippen molar-refractivity contribution < 1.29 is 38.1 Å². The maximum absolute atomic E-state index is 11.6. The number of ether oxygens (including phenoxy) is 5. The molecule has 1 N–H and O–H groups in total. The lowest BCUT2D eigenvalue weighted by Crippen LogP contribution is -2.62. The molecular weight excluding hydrogens is 390 g/mol. The minimum absolute atomic E-state index is 0.0409. The summed E-state index contributed by atoms with van der Waals surface area (Å²) in [7, 11) is 0. The molecule has 1 heterocycles. The van der Waals surface area contributed by atoms with Gasteiger partial charge in [-0.15, -0.1) is 0 Å². The summed E-state index contributed by atoms with van der Waals surface area (Å²) < 4.78 is 26.7. The second-order valence-electron chi connectivity index (χ2n) is 5.90. The Morgan fingerprint density at radius 1 is 0.964 bits per heavy atom. The van der Waals surface area contributed by atoms with Crippen LogP contribution in [-0.2, 0) is 33.3 Å². The highest BCUT2D eigenvalue weighted by Gasteiger charge is 2.47. The monoisotopic (exact) mass is 411 g/mol. The lowest BCUT2D eigenvalue weighted by atomic mass is 10.0. The molecule has 0 aromatic heterocycles. The maximum atomic E-state index is 11.6. The number of hydrogen-bond donors (Lipinski definition) is 1. The van der Waals surface area contributed by atoms with Crippen molar-refractivity contribution in [1.29, 1.82) is 0 Å². The summed E-state index contributed by atoms with van der Waals surface area (Å²) >= 11 is 5.16. The van der Waals surface area contributed by atoms with Crippen LogP contribution in [-0.4, -0.2) is 54.2 Å². The van der Waals surface area contributed by atoms with Crippen molar-refractivity contribution in [2.45, 2.75) is 45.3 Å². The molecule has 1 saturated heterocycles. The van der Waals surface area contributed by atoms with Gasteiger partial charge >= 0.3 is 17.9 Å². The summed E-state index contributed by atoms with van der Waals surface area (Å²) in [4.78, 5) is 34.5. The summed E-state index contributed by atoms with van der Waals surface area (Å²) in [6, 6.07) is 8.78. The molecule has 0 amide bonds. The predicted molar refractivity (Wildman–Crippen MR) is 99.2 cm³/mol. The van der Waals surface area contributed by atoms with E-state index in [-0.39, 0.29) is 11.8 Å². The molecule has 1 fully saturated rings. The van der Waals surface area contributed by atoms with Crippen molar-refractivity contribution in [3.63, 3.8) is 0 Å². The molecule has 2 rings (SSSR count). The first kappa shape index (κ1) is 21.6. The van der Waals surface area contributed by atoms with Crippen molar-refractivity contribution in [2.75, 3.05) is 6.61 Å². The topological polar surface area (TPSA) is 109 Å². The molecule has 9 nitrogen and oxygen atoms in total. The van der Waals surface area contributed by atoms with Crippen LogP contribution in [0.1, 0.15) is 20.8 Å². The number of carbonyl (C=O) groups is 3. The van der Waals surface area contributed by atoms with E-state index in [1.54, 1.807) is 24.3 Å². The zero-order chi connectivity index (χ0) is 20.7. The van der Waals surface area contributed by atoms with E-state index in [9.17, 15) is 14.4 Å². The van der Waals surface area contributed by atoms with E-state index in [1.165, 1.54) is 20.8 Å². The molecule has 0 radical (unpaired) electrons. The molecule has 1 aliphatic rings. The van der Waals surface area contributed by atoms with Gasteiger partial charge in [0.15, 0.2) is 24.5 Å². The van der Waals surface area contributed by atoms with Crippen molar-refractivity contribution in [3.05, 3.63) is 30.3 Å². The van der Waals surface area contributed by atoms with E-state index < -0.39 is 42.4 Å². The van der Waals surface area contributed by atoms with Gasteiger partial charge in [-0.3, -0.25) is 14.4 Å². The third-order valence-corrected chi connectivity index (χ3v) is 3.77. The highest BCUT2D eigenvalue weighted by Crippen LogP contribution is 2.23. The van der Waals surface area contributed by atoms with Gasteiger partial charge in [0, 0.05) is 20.8 Å². The molecular formula is C18H21NO8S. The Kier molecular flexibility index (Phi) is 7.70. The zero-order valence-electron chi connectivity index (χ0n) is 15.6. The second kappa shape index (κ2) is 10.00. The molecule has 4 atom stereocenters. The van der Waals surface area contributed by atoms with Gasteiger partial charge in [-0.1, -0.05) is 18.2 Å². The molecule has 0 spiro atoms. The van der Waals surface area contributed by atoms with Gasteiger partial charge in [-0.25, -0.2) is 0 Å². The fourth-order valence-corrected chi connectivity index (χ4v) is 2.82. The average molecular weight is 411 g/mol. The fraction of sp³-hybridized carbons (Fsp3) is 0.444. The minimum atomic E-state index is -1.13.